The van der Waals surface area contributed by atoms with Crippen LogP contribution in [0.3, 0.4) is 0 Å². The van der Waals surface area contributed by atoms with Gasteiger partial charge in [0.1, 0.15) is 5.56 Å². The largest absolute Gasteiger partial charge is 0.483 e. The second-order valence-corrected chi connectivity index (χ2v) is 8.80. The molecule has 3 aromatic heterocycles. The maximum absolute atomic E-state index is 13.2. The summed E-state index contributed by atoms with van der Waals surface area (Å²) in [5, 5.41) is 6.89. The lowest BCUT2D eigenvalue weighted by molar-refractivity contribution is -0.122. The Labute approximate surface area is 197 Å². The van der Waals surface area contributed by atoms with Gasteiger partial charge in [-0.1, -0.05) is 6.07 Å². The monoisotopic (exact) mass is 464 g/mol. The van der Waals surface area contributed by atoms with Crippen LogP contribution in [0.15, 0.2) is 64.3 Å². The van der Waals surface area contributed by atoms with Crippen molar-refractivity contribution in [3.63, 3.8) is 0 Å². The first-order chi connectivity index (χ1) is 16.5. The van der Waals surface area contributed by atoms with Crippen LogP contribution in [0.1, 0.15) is 39.6 Å². The smallest absolute Gasteiger partial charge is 0.290 e. The van der Waals surface area contributed by atoms with Gasteiger partial charge >= 0.3 is 0 Å². The highest BCUT2D eigenvalue weighted by atomic mass is 16.3. The lowest BCUT2D eigenvalue weighted by Gasteiger charge is -2.42. The molecule has 1 amide bonds. The van der Waals surface area contributed by atoms with E-state index in [4.69, 9.17) is 14.3 Å². The highest BCUT2D eigenvalue weighted by Crippen LogP contribution is 2.35. The van der Waals surface area contributed by atoms with Gasteiger partial charge in [0.15, 0.2) is 0 Å². The number of carboxylic acid groups (broad SMARTS) is 1. The number of nitrogens with zero attached hydrogens (tertiary/aromatic N) is 4. The van der Waals surface area contributed by atoms with Gasteiger partial charge in [-0.3, -0.25) is 24.3 Å². The van der Waals surface area contributed by atoms with E-state index in [-0.39, 0.29) is 23.5 Å². The van der Waals surface area contributed by atoms with Crippen molar-refractivity contribution in [2.45, 2.75) is 32.0 Å². The summed E-state index contributed by atoms with van der Waals surface area (Å²) in [5.74, 6) is 0.451. The molecule has 2 aliphatic rings. The molecule has 2 aliphatic heterocycles. The van der Waals surface area contributed by atoms with E-state index in [2.05, 4.69) is 16.0 Å². The fourth-order valence-electron chi connectivity index (χ4n) is 4.99. The van der Waals surface area contributed by atoms with E-state index in [0.29, 0.717) is 24.9 Å². The fourth-order valence-corrected chi connectivity index (χ4v) is 4.99. The quantitative estimate of drug-likeness (QED) is 0.578. The average Bonchev–Trinajstić information content (AvgIpc) is 3.33. The van der Waals surface area contributed by atoms with Crippen LogP contribution in [0.25, 0.3) is 0 Å². The summed E-state index contributed by atoms with van der Waals surface area (Å²) in [6.07, 6.45) is 6.11. The lowest BCUT2D eigenvalue weighted by atomic mass is 9.83. The molecule has 1 saturated heterocycles. The Morgan fingerprint density at radius 2 is 2.06 bits per heavy atom. The van der Waals surface area contributed by atoms with Gasteiger partial charge in [-0.25, -0.2) is 0 Å². The number of fused-ring (bicyclic) bond motifs is 4. The van der Waals surface area contributed by atoms with E-state index in [9.17, 15) is 9.59 Å². The molecule has 0 radical (unpaired) electrons. The molecule has 5 rings (SSSR count). The molecule has 0 aliphatic carbocycles. The first-order valence-corrected chi connectivity index (χ1v) is 11.2. The van der Waals surface area contributed by atoms with Gasteiger partial charge < -0.3 is 19.0 Å². The van der Waals surface area contributed by atoms with Crippen molar-refractivity contribution in [2.75, 3.05) is 20.1 Å². The number of carbonyl (C=O) groups excluding carboxylic acids is 1. The molecule has 9 nitrogen and oxygen atoms in total. The van der Waals surface area contributed by atoms with Crippen LogP contribution in [-0.4, -0.2) is 57.0 Å². The van der Waals surface area contributed by atoms with Gasteiger partial charge in [0.05, 0.1) is 18.2 Å². The maximum atomic E-state index is 13.2. The average molecular weight is 465 g/mol. The van der Waals surface area contributed by atoms with E-state index in [1.165, 1.54) is 0 Å². The van der Waals surface area contributed by atoms with Crippen molar-refractivity contribution in [1.82, 2.24) is 19.4 Å². The standard InChI is InChI=1S/C24H26N4O3.CH2O2/c1-26(11-17-7-9-31-16-17)23(29)21-5-6-22-19-10-18(13-28(22)24(21)30)12-27(14-19)15-20-4-2-3-8-25-20;2-1-3/h2-9,16,18-19H,10-15H2,1H3;1H,(H,2,3)/t18-,19+;/m0./s1. The van der Waals surface area contributed by atoms with Gasteiger partial charge in [0.25, 0.3) is 17.9 Å². The third-order valence-corrected chi connectivity index (χ3v) is 6.37. The zero-order valence-electron chi connectivity index (χ0n) is 19.0. The van der Waals surface area contributed by atoms with Crippen LogP contribution >= 0.6 is 0 Å². The van der Waals surface area contributed by atoms with E-state index >= 15 is 0 Å². The van der Waals surface area contributed by atoms with Crippen molar-refractivity contribution in [1.29, 1.82) is 0 Å². The normalized spacial score (nSPS) is 18.9. The van der Waals surface area contributed by atoms with E-state index in [1.807, 2.05) is 35.0 Å². The first-order valence-electron chi connectivity index (χ1n) is 11.2. The topological polar surface area (TPSA) is 109 Å². The second-order valence-electron chi connectivity index (χ2n) is 8.80. The van der Waals surface area contributed by atoms with Gasteiger partial charge in [-0.05, 0) is 42.7 Å². The van der Waals surface area contributed by atoms with Crippen molar-refractivity contribution in [3.05, 3.63) is 88.0 Å². The van der Waals surface area contributed by atoms with E-state index in [1.54, 1.807) is 30.5 Å². The lowest BCUT2D eigenvalue weighted by Crippen LogP contribution is -2.47. The van der Waals surface area contributed by atoms with Gasteiger partial charge in [0.2, 0.25) is 0 Å². The molecule has 34 heavy (non-hydrogen) atoms. The number of amides is 1. The summed E-state index contributed by atoms with van der Waals surface area (Å²) in [4.78, 5) is 43.0. The van der Waals surface area contributed by atoms with Crippen molar-refractivity contribution in [3.8, 4) is 0 Å². The molecular formula is C25H28N4O5. The Bertz CT molecular complexity index is 1180. The summed E-state index contributed by atoms with van der Waals surface area (Å²) in [5.41, 5.74) is 3.08. The number of carbonyl (C=O) groups is 2. The number of likely N-dealkylation sites (tertiary alicyclic amines) is 1. The Morgan fingerprint density at radius 3 is 2.76 bits per heavy atom. The molecule has 9 heteroatoms. The molecule has 1 fully saturated rings. The fraction of sp³-hybridized carbons (Fsp3) is 0.360. The maximum Gasteiger partial charge on any atom is 0.290 e. The number of piperidine rings is 1. The number of pyridine rings is 2. The van der Waals surface area contributed by atoms with Crippen molar-refractivity contribution in [2.24, 2.45) is 5.92 Å². The summed E-state index contributed by atoms with van der Waals surface area (Å²) in [6, 6.07) is 11.5. The third-order valence-electron chi connectivity index (χ3n) is 6.37. The summed E-state index contributed by atoms with van der Waals surface area (Å²) >= 11 is 0. The molecule has 0 unspecified atom stereocenters. The number of aromatic nitrogens is 2. The summed E-state index contributed by atoms with van der Waals surface area (Å²) in [7, 11) is 1.71. The highest BCUT2D eigenvalue weighted by Gasteiger charge is 2.35. The van der Waals surface area contributed by atoms with E-state index < -0.39 is 0 Å². The second kappa shape index (κ2) is 10.5. The molecule has 2 atom stereocenters. The minimum Gasteiger partial charge on any atom is -0.483 e. The molecule has 5 heterocycles. The first kappa shape index (κ1) is 23.4. The highest BCUT2D eigenvalue weighted by molar-refractivity contribution is 5.93. The molecule has 0 spiro atoms. The van der Waals surface area contributed by atoms with E-state index in [0.717, 1.165) is 43.0 Å². The van der Waals surface area contributed by atoms with Crippen LogP contribution in [0, 0.1) is 5.92 Å². The Morgan fingerprint density at radius 1 is 1.24 bits per heavy atom. The van der Waals surface area contributed by atoms with Crippen LogP contribution in [0.5, 0.6) is 0 Å². The van der Waals surface area contributed by atoms with Gasteiger partial charge in [-0.15, -0.1) is 0 Å². The number of hydrogen-bond donors (Lipinski definition) is 1. The number of rotatable bonds is 5. The Hall–Kier alpha value is -3.72. The summed E-state index contributed by atoms with van der Waals surface area (Å²) < 4.78 is 6.92. The molecule has 3 aromatic rings. The van der Waals surface area contributed by atoms with Crippen LogP contribution in [0.4, 0.5) is 0 Å². The Kier molecular flexibility index (Phi) is 7.22. The minimum atomic E-state index is -0.256. The zero-order chi connectivity index (χ0) is 24.1. The predicted molar refractivity (Wildman–Crippen MR) is 124 cm³/mol. The molecule has 0 aromatic carbocycles. The minimum absolute atomic E-state index is 0.172. The van der Waals surface area contributed by atoms with Crippen LogP contribution in [-0.2, 0) is 24.4 Å². The number of hydrogen-bond acceptors (Lipinski definition) is 6. The van der Waals surface area contributed by atoms with Crippen LogP contribution < -0.4 is 5.56 Å². The molecule has 178 valence electrons. The third kappa shape index (κ3) is 5.09. The predicted octanol–water partition coefficient (Wildman–Crippen LogP) is 2.43. The molecule has 0 saturated carbocycles. The molecule has 2 bridgehead atoms. The molecular weight excluding hydrogens is 436 g/mol. The summed E-state index contributed by atoms with van der Waals surface area (Å²) in [6.45, 7) is 3.49. The zero-order valence-corrected chi connectivity index (χ0v) is 19.0. The molecule has 1 N–H and O–H groups in total. The van der Waals surface area contributed by atoms with Gasteiger partial charge in [0, 0.05) is 63.1 Å². The Balaban J connectivity index is 0.000000868. The number of furan rings is 1. The van der Waals surface area contributed by atoms with Gasteiger partial charge in [-0.2, -0.15) is 0 Å². The van der Waals surface area contributed by atoms with Crippen LogP contribution in [0.2, 0.25) is 0 Å². The van der Waals surface area contributed by atoms with Crippen molar-refractivity contribution >= 4 is 12.4 Å². The SMILES string of the molecule is CN(Cc1ccoc1)C(=O)c1ccc2n(c1=O)C[C@H]1C[C@@H]2CN(Cc2ccccn2)C1.O=CO. The van der Waals surface area contributed by atoms with Crippen molar-refractivity contribution < 1.29 is 19.1 Å².